The molecule has 0 saturated heterocycles. The number of carbonyl (C=O) groups excluding carboxylic acids is 1. The molecule has 1 aromatic rings. The molecule has 0 aromatic heterocycles. The number of hydrogen-bond acceptors (Lipinski definition) is 3. The number of ether oxygens (including phenoxy) is 2. The molecule has 0 radical (unpaired) electrons. The first kappa shape index (κ1) is 19.3. The summed E-state index contributed by atoms with van der Waals surface area (Å²) >= 11 is 0. The molecule has 0 atom stereocenters. The van der Waals surface area contributed by atoms with Crippen molar-refractivity contribution in [1.29, 1.82) is 0 Å². The minimum absolute atomic E-state index is 0.295. The molecule has 0 amide bonds. The summed E-state index contributed by atoms with van der Waals surface area (Å²) in [6, 6.07) is 9.35. The van der Waals surface area contributed by atoms with E-state index in [9.17, 15) is 4.79 Å². The Hall–Kier alpha value is -1.77. The van der Waals surface area contributed by atoms with Crippen LogP contribution in [-0.4, -0.2) is 12.6 Å². The normalized spacial score (nSPS) is 11.3. The number of hydrogen-bond donors (Lipinski definition) is 0. The Morgan fingerprint density at radius 3 is 2.26 bits per heavy atom. The molecule has 0 bridgehead atoms. The first-order valence-electron chi connectivity index (χ1n) is 8.88. The fraction of sp³-hybridized carbons (Fsp3) is 0.550. The molecule has 1 aromatic carbocycles. The van der Waals surface area contributed by atoms with Gasteiger partial charge in [0.25, 0.3) is 0 Å². The molecule has 0 aliphatic carbocycles. The van der Waals surface area contributed by atoms with Gasteiger partial charge >= 0.3 is 5.97 Å². The number of esters is 1. The second-order valence-electron chi connectivity index (χ2n) is 5.61. The highest BCUT2D eigenvalue weighted by Gasteiger charge is 2.12. The van der Waals surface area contributed by atoms with E-state index in [4.69, 9.17) is 9.47 Å². The van der Waals surface area contributed by atoms with Gasteiger partial charge < -0.3 is 9.47 Å². The number of carbonyl (C=O) groups is 1. The third-order valence-electron chi connectivity index (χ3n) is 3.59. The molecule has 0 heterocycles. The second-order valence-corrected chi connectivity index (χ2v) is 5.61. The summed E-state index contributed by atoms with van der Waals surface area (Å²) < 4.78 is 10.7. The van der Waals surface area contributed by atoms with Crippen LogP contribution in [0.2, 0.25) is 0 Å². The van der Waals surface area contributed by atoms with E-state index < -0.39 is 0 Å². The first-order valence-corrected chi connectivity index (χ1v) is 8.88. The Morgan fingerprint density at radius 2 is 1.61 bits per heavy atom. The zero-order chi connectivity index (χ0) is 16.8. The van der Waals surface area contributed by atoms with Crippen molar-refractivity contribution in [2.75, 3.05) is 6.61 Å². The topological polar surface area (TPSA) is 35.5 Å². The second kappa shape index (κ2) is 12.7. The van der Waals surface area contributed by atoms with Gasteiger partial charge in [-0.2, -0.15) is 0 Å². The molecule has 23 heavy (non-hydrogen) atoms. The highest BCUT2D eigenvalue weighted by atomic mass is 16.6. The van der Waals surface area contributed by atoms with Crippen LogP contribution >= 0.6 is 0 Å². The Labute approximate surface area is 140 Å². The maximum Gasteiger partial charge on any atom is 0.373 e. The molecule has 3 nitrogen and oxygen atoms in total. The molecule has 128 valence electrons. The lowest BCUT2D eigenvalue weighted by Crippen LogP contribution is -2.12. The van der Waals surface area contributed by atoms with Gasteiger partial charge in [0, 0.05) is 0 Å². The molecule has 0 aliphatic rings. The smallest absolute Gasteiger partial charge is 0.373 e. The monoisotopic (exact) mass is 318 g/mol. The zero-order valence-corrected chi connectivity index (χ0v) is 14.6. The van der Waals surface area contributed by atoms with Crippen LogP contribution in [-0.2, 0) is 9.53 Å². The minimum atomic E-state index is -0.390. The summed E-state index contributed by atoms with van der Waals surface area (Å²) in [5, 5.41) is 0. The van der Waals surface area contributed by atoms with Gasteiger partial charge in [-0.05, 0) is 38.0 Å². The lowest BCUT2D eigenvalue weighted by atomic mass is 10.1. The van der Waals surface area contributed by atoms with Gasteiger partial charge in [-0.3, -0.25) is 0 Å². The number of allylic oxidation sites excluding steroid dienone is 1. The van der Waals surface area contributed by atoms with E-state index in [1.165, 1.54) is 38.5 Å². The van der Waals surface area contributed by atoms with Gasteiger partial charge in [0.15, 0.2) is 0 Å². The molecular formula is C20H30O3. The molecular weight excluding hydrogens is 288 g/mol. The van der Waals surface area contributed by atoms with E-state index in [1.54, 1.807) is 6.92 Å². The number of para-hydroxylation sites is 1. The van der Waals surface area contributed by atoms with Gasteiger partial charge in [-0.25, -0.2) is 4.79 Å². The van der Waals surface area contributed by atoms with Crippen molar-refractivity contribution in [3.63, 3.8) is 0 Å². The van der Waals surface area contributed by atoms with Crippen LogP contribution in [0, 0.1) is 0 Å². The highest BCUT2D eigenvalue weighted by molar-refractivity contribution is 5.86. The summed E-state index contributed by atoms with van der Waals surface area (Å²) in [5.41, 5.74) is 0. The fourth-order valence-electron chi connectivity index (χ4n) is 2.32. The number of benzene rings is 1. The molecule has 0 spiro atoms. The predicted molar refractivity (Wildman–Crippen MR) is 94.4 cm³/mol. The van der Waals surface area contributed by atoms with Crippen LogP contribution < -0.4 is 4.74 Å². The standard InChI is InChI=1S/C20H30O3/c1-3-5-6-7-8-9-10-14-17-19(20(21)22-4-2)23-18-15-12-11-13-16-18/h11-13,15-17H,3-10,14H2,1-2H3. The van der Waals surface area contributed by atoms with Gasteiger partial charge in [-0.1, -0.05) is 63.6 Å². The van der Waals surface area contributed by atoms with Crippen LogP contribution in [0.1, 0.15) is 65.2 Å². The summed E-state index contributed by atoms with van der Waals surface area (Å²) in [6.45, 7) is 4.38. The fourth-order valence-corrected chi connectivity index (χ4v) is 2.32. The summed E-state index contributed by atoms with van der Waals surface area (Å²) in [5.74, 6) is 0.565. The quantitative estimate of drug-likeness (QED) is 0.216. The molecule has 0 aliphatic heterocycles. The van der Waals surface area contributed by atoms with Crippen LogP contribution in [0.5, 0.6) is 5.75 Å². The summed E-state index contributed by atoms with van der Waals surface area (Å²) in [7, 11) is 0. The SMILES string of the molecule is CCCCCCCCCC=C(Oc1ccccc1)C(=O)OCC. The lowest BCUT2D eigenvalue weighted by molar-refractivity contribution is -0.141. The average Bonchev–Trinajstić information content (AvgIpc) is 2.57. The van der Waals surface area contributed by atoms with Crippen molar-refractivity contribution in [2.45, 2.75) is 65.2 Å². The van der Waals surface area contributed by atoms with Crippen molar-refractivity contribution < 1.29 is 14.3 Å². The van der Waals surface area contributed by atoms with E-state index in [0.29, 0.717) is 18.1 Å². The van der Waals surface area contributed by atoms with E-state index >= 15 is 0 Å². The zero-order valence-electron chi connectivity index (χ0n) is 14.6. The van der Waals surface area contributed by atoms with Gasteiger partial charge in [0.2, 0.25) is 5.76 Å². The van der Waals surface area contributed by atoms with E-state index in [-0.39, 0.29) is 5.97 Å². The maximum absolute atomic E-state index is 12.0. The highest BCUT2D eigenvalue weighted by Crippen LogP contribution is 2.15. The van der Waals surface area contributed by atoms with E-state index in [0.717, 1.165) is 12.8 Å². The molecule has 0 saturated carbocycles. The van der Waals surface area contributed by atoms with Gasteiger partial charge in [0.1, 0.15) is 5.75 Å². The third-order valence-corrected chi connectivity index (χ3v) is 3.59. The van der Waals surface area contributed by atoms with Crippen molar-refractivity contribution in [3.05, 3.63) is 42.2 Å². The number of unbranched alkanes of at least 4 members (excludes halogenated alkanes) is 7. The molecule has 3 heteroatoms. The largest absolute Gasteiger partial charge is 0.460 e. The summed E-state index contributed by atoms with van der Waals surface area (Å²) in [4.78, 5) is 12.0. The average molecular weight is 318 g/mol. The summed E-state index contributed by atoms with van der Waals surface area (Å²) in [6.07, 6.45) is 11.5. The molecule has 0 unspecified atom stereocenters. The molecule has 1 rings (SSSR count). The lowest BCUT2D eigenvalue weighted by Gasteiger charge is -2.09. The van der Waals surface area contributed by atoms with Crippen molar-refractivity contribution in [2.24, 2.45) is 0 Å². The number of rotatable bonds is 12. The third kappa shape index (κ3) is 9.07. The van der Waals surface area contributed by atoms with E-state index in [1.807, 2.05) is 36.4 Å². The predicted octanol–water partition coefficient (Wildman–Crippen LogP) is 5.65. The minimum Gasteiger partial charge on any atom is -0.460 e. The molecule has 0 N–H and O–H groups in total. The Kier molecular flexibility index (Phi) is 10.7. The van der Waals surface area contributed by atoms with Crippen molar-refractivity contribution >= 4 is 5.97 Å². The van der Waals surface area contributed by atoms with Crippen LogP contribution in [0.4, 0.5) is 0 Å². The Bertz CT molecular complexity index is 451. The van der Waals surface area contributed by atoms with Crippen molar-refractivity contribution in [3.8, 4) is 5.75 Å². The van der Waals surface area contributed by atoms with E-state index in [2.05, 4.69) is 6.92 Å². The van der Waals surface area contributed by atoms with Crippen molar-refractivity contribution in [1.82, 2.24) is 0 Å². The van der Waals surface area contributed by atoms with Gasteiger partial charge in [-0.15, -0.1) is 0 Å². The Balaban J connectivity index is 2.40. The van der Waals surface area contributed by atoms with Gasteiger partial charge in [0.05, 0.1) is 6.61 Å². The van der Waals surface area contributed by atoms with Crippen LogP contribution in [0.15, 0.2) is 42.2 Å². The maximum atomic E-state index is 12.0. The van der Waals surface area contributed by atoms with Crippen LogP contribution in [0.25, 0.3) is 0 Å². The van der Waals surface area contributed by atoms with Crippen LogP contribution in [0.3, 0.4) is 0 Å². The Morgan fingerprint density at radius 1 is 0.957 bits per heavy atom. The first-order chi connectivity index (χ1) is 11.3. The molecule has 0 fully saturated rings.